The van der Waals surface area contributed by atoms with E-state index in [0.717, 1.165) is 24.5 Å². The van der Waals surface area contributed by atoms with Crippen molar-refractivity contribution in [3.05, 3.63) is 35.4 Å². The zero-order chi connectivity index (χ0) is 15.0. The van der Waals surface area contributed by atoms with E-state index in [-0.39, 0.29) is 11.5 Å². The third-order valence-corrected chi connectivity index (χ3v) is 4.75. The zero-order valence-corrected chi connectivity index (χ0v) is 12.8. The van der Waals surface area contributed by atoms with Crippen LogP contribution in [0.1, 0.15) is 30.9 Å². The van der Waals surface area contributed by atoms with E-state index >= 15 is 0 Å². The molecule has 2 N–H and O–H groups in total. The molecule has 0 aromatic heterocycles. The van der Waals surface area contributed by atoms with Crippen molar-refractivity contribution < 1.29 is 14.6 Å². The molecule has 4 heteroatoms. The number of rotatable bonds is 4. The minimum Gasteiger partial charge on any atom is -0.493 e. The van der Waals surface area contributed by atoms with Crippen LogP contribution in [0.25, 0.3) is 0 Å². The summed E-state index contributed by atoms with van der Waals surface area (Å²) in [6.45, 7) is 2.97. The molecule has 2 unspecified atom stereocenters. The molecule has 3 atom stereocenters. The molecule has 2 aliphatic rings. The van der Waals surface area contributed by atoms with Gasteiger partial charge in [0.1, 0.15) is 6.10 Å². The quantitative estimate of drug-likeness (QED) is 0.834. The van der Waals surface area contributed by atoms with Crippen LogP contribution < -0.4 is 14.8 Å². The van der Waals surface area contributed by atoms with Crippen LogP contribution in [0, 0.1) is 0 Å². The van der Waals surface area contributed by atoms with Crippen molar-refractivity contribution in [2.75, 3.05) is 14.2 Å². The lowest BCUT2D eigenvalue weighted by molar-refractivity contribution is 0.0862. The van der Waals surface area contributed by atoms with Crippen LogP contribution >= 0.6 is 0 Å². The second-order valence-corrected chi connectivity index (χ2v) is 5.82. The van der Waals surface area contributed by atoms with Crippen LogP contribution in [0.2, 0.25) is 0 Å². The molecular weight excluding hydrogens is 266 g/mol. The molecule has 1 aromatic carbocycles. The topological polar surface area (TPSA) is 50.7 Å². The molecule has 3 rings (SSSR count). The normalized spacial score (nSPS) is 29.7. The van der Waals surface area contributed by atoms with E-state index in [9.17, 15) is 5.11 Å². The van der Waals surface area contributed by atoms with Crippen molar-refractivity contribution in [1.82, 2.24) is 5.32 Å². The minimum atomic E-state index is -0.428. The summed E-state index contributed by atoms with van der Waals surface area (Å²) in [6, 6.07) is 4.07. The van der Waals surface area contributed by atoms with E-state index in [1.807, 2.05) is 19.2 Å². The molecule has 114 valence electrons. The van der Waals surface area contributed by atoms with Gasteiger partial charge < -0.3 is 19.9 Å². The van der Waals surface area contributed by atoms with Crippen molar-refractivity contribution >= 4 is 0 Å². The Kier molecular flexibility index (Phi) is 3.68. The molecule has 0 spiro atoms. The van der Waals surface area contributed by atoms with Crippen LogP contribution in [0.4, 0.5) is 0 Å². The summed E-state index contributed by atoms with van der Waals surface area (Å²) in [4.78, 5) is 0. The molecule has 1 aliphatic carbocycles. The van der Waals surface area contributed by atoms with Gasteiger partial charge in [0, 0.05) is 18.5 Å². The molecule has 21 heavy (non-hydrogen) atoms. The summed E-state index contributed by atoms with van der Waals surface area (Å²) in [5, 5.41) is 13.2. The average molecular weight is 289 g/mol. The molecule has 0 fully saturated rings. The second kappa shape index (κ2) is 5.35. The van der Waals surface area contributed by atoms with Crippen LogP contribution in [-0.4, -0.2) is 31.5 Å². The minimum absolute atomic E-state index is 0.0237. The standard InChI is InChI=1S/C17H23NO3/c1-4-17-8-7-12(19)9-14(17)21-16-13(20-3)6-5-11(10-18-2)15(16)17/h5-8,12,14,18-19H,4,9-10H2,1-3H3/t12-,14?,17?/m1/s1. The van der Waals surface area contributed by atoms with Crippen LogP contribution in [0.5, 0.6) is 11.5 Å². The van der Waals surface area contributed by atoms with Gasteiger partial charge in [0.2, 0.25) is 0 Å². The van der Waals surface area contributed by atoms with E-state index in [1.165, 1.54) is 11.1 Å². The van der Waals surface area contributed by atoms with Gasteiger partial charge in [-0.15, -0.1) is 0 Å². The first kappa shape index (κ1) is 14.4. The van der Waals surface area contributed by atoms with Gasteiger partial charge in [-0.25, -0.2) is 0 Å². The molecule has 0 radical (unpaired) electrons. The molecule has 1 aliphatic heterocycles. The number of benzene rings is 1. The van der Waals surface area contributed by atoms with E-state index in [1.54, 1.807) is 7.11 Å². The number of ether oxygens (including phenoxy) is 2. The Labute approximate surface area is 125 Å². The van der Waals surface area contributed by atoms with Gasteiger partial charge in [0.05, 0.1) is 18.6 Å². The first-order chi connectivity index (χ1) is 10.2. The van der Waals surface area contributed by atoms with Crippen molar-refractivity contribution in [1.29, 1.82) is 0 Å². The summed E-state index contributed by atoms with van der Waals surface area (Å²) < 4.78 is 11.7. The van der Waals surface area contributed by atoms with Crippen molar-refractivity contribution in [2.45, 2.75) is 43.9 Å². The first-order valence-corrected chi connectivity index (χ1v) is 7.55. The average Bonchev–Trinajstić information content (AvgIpc) is 2.83. The van der Waals surface area contributed by atoms with Crippen molar-refractivity contribution in [2.24, 2.45) is 0 Å². The molecule has 4 nitrogen and oxygen atoms in total. The highest BCUT2D eigenvalue weighted by molar-refractivity contribution is 5.60. The maximum absolute atomic E-state index is 9.93. The van der Waals surface area contributed by atoms with Gasteiger partial charge in [-0.2, -0.15) is 0 Å². The van der Waals surface area contributed by atoms with Gasteiger partial charge >= 0.3 is 0 Å². The second-order valence-electron chi connectivity index (χ2n) is 5.82. The van der Waals surface area contributed by atoms with Crippen molar-refractivity contribution in [3.63, 3.8) is 0 Å². The Hall–Kier alpha value is -1.52. The number of hydrogen-bond donors (Lipinski definition) is 2. The Bertz CT molecular complexity index is 569. The predicted octanol–water partition coefficient (Wildman–Crippen LogP) is 2.14. The fourth-order valence-electron chi connectivity index (χ4n) is 3.69. The molecule has 1 aromatic rings. The van der Waals surface area contributed by atoms with E-state index in [0.29, 0.717) is 6.42 Å². The van der Waals surface area contributed by atoms with Crippen LogP contribution in [0.3, 0.4) is 0 Å². The summed E-state index contributed by atoms with van der Waals surface area (Å²) in [7, 11) is 3.62. The van der Waals surface area contributed by atoms with E-state index in [4.69, 9.17) is 9.47 Å². The van der Waals surface area contributed by atoms with Gasteiger partial charge in [-0.1, -0.05) is 25.1 Å². The lowest BCUT2D eigenvalue weighted by Gasteiger charge is -2.35. The molecule has 1 heterocycles. The van der Waals surface area contributed by atoms with Gasteiger partial charge in [0.15, 0.2) is 11.5 Å². The highest BCUT2D eigenvalue weighted by Gasteiger charge is 2.50. The number of hydrogen-bond acceptors (Lipinski definition) is 4. The number of methoxy groups -OCH3 is 1. The Balaban J connectivity index is 2.20. The lowest BCUT2D eigenvalue weighted by atomic mass is 9.69. The molecule has 0 amide bonds. The maximum Gasteiger partial charge on any atom is 0.166 e. The third-order valence-electron chi connectivity index (χ3n) is 4.75. The smallest absolute Gasteiger partial charge is 0.166 e. The van der Waals surface area contributed by atoms with Gasteiger partial charge in [-0.3, -0.25) is 0 Å². The maximum atomic E-state index is 9.93. The Morgan fingerprint density at radius 3 is 2.95 bits per heavy atom. The number of aliphatic hydroxyl groups is 1. The van der Waals surface area contributed by atoms with Crippen molar-refractivity contribution in [3.8, 4) is 11.5 Å². The Morgan fingerprint density at radius 1 is 1.48 bits per heavy atom. The third kappa shape index (κ3) is 2.05. The number of nitrogens with one attached hydrogen (secondary N) is 1. The predicted molar refractivity (Wildman–Crippen MR) is 81.9 cm³/mol. The SMILES string of the molecule is CCC12C=C[C@@H](O)CC1Oc1c(OC)ccc(CNC)c12. The van der Waals surface area contributed by atoms with Gasteiger partial charge in [0.25, 0.3) is 0 Å². The largest absolute Gasteiger partial charge is 0.493 e. The fourth-order valence-corrected chi connectivity index (χ4v) is 3.69. The highest BCUT2D eigenvalue weighted by Crippen LogP contribution is 2.54. The fraction of sp³-hybridized carbons (Fsp3) is 0.529. The van der Waals surface area contributed by atoms with Crippen LogP contribution in [-0.2, 0) is 12.0 Å². The lowest BCUT2D eigenvalue weighted by Crippen LogP contribution is -2.41. The molecule has 0 saturated heterocycles. The number of fused-ring (bicyclic) bond motifs is 3. The molecular formula is C17H23NO3. The van der Waals surface area contributed by atoms with E-state index < -0.39 is 6.10 Å². The van der Waals surface area contributed by atoms with Gasteiger partial charge in [-0.05, 0) is 25.1 Å². The van der Waals surface area contributed by atoms with E-state index in [2.05, 4.69) is 24.4 Å². The number of aliphatic hydroxyl groups excluding tert-OH is 1. The first-order valence-electron chi connectivity index (χ1n) is 7.55. The summed E-state index contributed by atoms with van der Waals surface area (Å²) in [5.74, 6) is 1.62. The highest BCUT2D eigenvalue weighted by atomic mass is 16.5. The summed E-state index contributed by atoms with van der Waals surface area (Å²) in [6.07, 6.45) is 5.16. The summed E-state index contributed by atoms with van der Waals surface area (Å²) in [5.41, 5.74) is 2.29. The zero-order valence-electron chi connectivity index (χ0n) is 12.8. The van der Waals surface area contributed by atoms with Crippen LogP contribution in [0.15, 0.2) is 24.3 Å². The Morgan fingerprint density at radius 2 is 2.29 bits per heavy atom. The molecule has 0 saturated carbocycles. The molecule has 0 bridgehead atoms. The monoisotopic (exact) mass is 289 g/mol. The summed E-state index contributed by atoms with van der Waals surface area (Å²) >= 11 is 0.